The van der Waals surface area contributed by atoms with Crippen molar-refractivity contribution in [2.24, 2.45) is 10.8 Å². The molecule has 6 saturated heterocycles. The highest BCUT2D eigenvalue weighted by Gasteiger charge is 2.47. The number of nitrogens with two attached hydrogens (primary N) is 1. The summed E-state index contributed by atoms with van der Waals surface area (Å²) in [5, 5.41) is 14.3. The van der Waals surface area contributed by atoms with E-state index in [9.17, 15) is 53.9 Å². The molecule has 5 N–H and O–H groups in total. The smallest absolute Gasteiger partial charge is 0.410 e. The first-order valence-corrected chi connectivity index (χ1v) is 32.7. The summed E-state index contributed by atoms with van der Waals surface area (Å²) >= 11 is 0. The number of nitrogens with one attached hydrogen (secondary N) is 2. The zero-order chi connectivity index (χ0) is 61.8. The predicted molar refractivity (Wildman–Crippen MR) is 317 cm³/mol. The molecule has 0 radical (unpaired) electrons. The van der Waals surface area contributed by atoms with Crippen LogP contribution in [0.3, 0.4) is 0 Å². The van der Waals surface area contributed by atoms with Gasteiger partial charge in [-0.3, -0.25) is 4.79 Å². The van der Waals surface area contributed by atoms with Gasteiger partial charge in [-0.25, -0.2) is 54.0 Å². The number of anilines is 6. The van der Waals surface area contributed by atoms with Gasteiger partial charge in [-0.05, 0) is 133 Å². The Bertz CT molecular complexity index is 3400. The lowest BCUT2D eigenvalue weighted by atomic mass is 9.93. The second-order valence-corrected chi connectivity index (χ2v) is 30.0. The summed E-state index contributed by atoms with van der Waals surface area (Å²) in [6.07, 6.45) is 7.67. The van der Waals surface area contributed by atoms with E-state index in [2.05, 4.69) is 35.5 Å². The van der Waals surface area contributed by atoms with Gasteiger partial charge in [0, 0.05) is 128 Å². The molecule has 8 aliphatic rings. The third-order valence-electron chi connectivity index (χ3n) is 17.9. The topological polar surface area (TPSA) is 267 Å². The molecule has 0 unspecified atom stereocenters. The van der Waals surface area contributed by atoms with E-state index in [1.54, 1.807) is 68.7 Å². The second kappa shape index (κ2) is 23.8. The molecule has 2 aromatic carbocycles. The van der Waals surface area contributed by atoms with Crippen LogP contribution in [-0.2, 0) is 24.4 Å². The average molecular weight is 1240 g/mol. The number of carboxylic acid groups (broad SMARTS) is 1. The van der Waals surface area contributed by atoms with E-state index in [1.165, 1.54) is 54.8 Å². The van der Waals surface area contributed by atoms with Crippen LogP contribution in [0.25, 0.3) is 0 Å². The molecule has 2 amide bonds. The van der Waals surface area contributed by atoms with Crippen LogP contribution >= 0.6 is 0 Å². The Kier molecular flexibility index (Phi) is 17.3. The number of ether oxygens (including phenoxy) is 1. The molecule has 0 bridgehead atoms. The molecule has 468 valence electrons. The summed E-state index contributed by atoms with van der Waals surface area (Å²) in [6, 6.07) is 12.3. The van der Waals surface area contributed by atoms with Gasteiger partial charge in [0.05, 0.1) is 37.5 Å². The van der Waals surface area contributed by atoms with Gasteiger partial charge in [0.1, 0.15) is 22.5 Å². The number of carboxylic acids is 1. The molecule has 8 heterocycles. The summed E-state index contributed by atoms with van der Waals surface area (Å²) in [7, 11) is -7.20. The van der Waals surface area contributed by atoms with Crippen LogP contribution in [0.15, 0.2) is 58.3 Å². The van der Waals surface area contributed by atoms with Crippen LogP contribution in [0, 0.1) is 24.7 Å². The number of carbonyl (C=O) groups is 3. The molecule has 86 heavy (non-hydrogen) atoms. The van der Waals surface area contributed by atoms with Crippen molar-refractivity contribution in [2.75, 3.05) is 109 Å². The van der Waals surface area contributed by atoms with Gasteiger partial charge in [-0.15, -0.1) is 0 Å². The highest BCUT2D eigenvalue weighted by molar-refractivity contribution is 7.92. The molecule has 2 aromatic heterocycles. The number of rotatable bonds is 11. The van der Waals surface area contributed by atoms with E-state index >= 15 is 0 Å². The van der Waals surface area contributed by atoms with Gasteiger partial charge in [-0.1, -0.05) is 0 Å². The molecule has 4 aromatic rings. The summed E-state index contributed by atoms with van der Waals surface area (Å²) in [6.45, 7) is 13.7. The van der Waals surface area contributed by atoms with Crippen LogP contribution in [0.2, 0.25) is 0 Å². The Balaban J connectivity index is 0.000000155. The third kappa shape index (κ3) is 14.5. The number of benzene rings is 2. The Morgan fingerprint density at radius 1 is 0.605 bits per heavy atom. The maximum absolute atomic E-state index is 13.6. The maximum Gasteiger partial charge on any atom is 0.410 e. The fraction of sp³-hybridized carbons (Fsp3) is 0.610. The number of piperidine rings is 4. The third-order valence-corrected chi connectivity index (χ3v) is 22.1. The SMILES string of the molecule is CC(C)(C)OC(=O)N1CC(S(=O)(=O)c2ccc(C(=O)O)c(N3CCC4(CC3)CC4)c2)C1.Cc1cc(N)nc(N2CCC(F)(F)CC2)n1.Cc1cc(NC(=O)c2ccc(S(=O)(=O)C3CNC3)cc2N2CCC3(CC2)CC3)nc(N2CCC(F)(F)CC2)n1. The average Bonchev–Trinajstić information content (AvgIpc) is 1.26. The van der Waals surface area contributed by atoms with Crippen LogP contribution < -0.4 is 36.0 Å². The normalized spacial score (nSPS) is 21.4. The van der Waals surface area contributed by atoms with E-state index in [4.69, 9.17) is 10.5 Å². The van der Waals surface area contributed by atoms with E-state index in [1.807, 2.05) is 4.90 Å². The van der Waals surface area contributed by atoms with Gasteiger partial charge in [0.2, 0.25) is 11.9 Å². The number of hydrogen-bond donors (Lipinski definition) is 4. The van der Waals surface area contributed by atoms with E-state index in [0.29, 0.717) is 64.3 Å². The van der Waals surface area contributed by atoms with Crippen molar-refractivity contribution in [1.29, 1.82) is 0 Å². The van der Waals surface area contributed by atoms with Gasteiger partial charge < -0.3 is 50.7 Å². The fourth-order valence-corrected chi connectivity index (χ4v) is 15.0. The molecule has 12 rings (SSSR count). The minimum absolute atomic E-state index is 0.0689. The number of sulfone groups is 2. The Labute approximate surface area is 499 Å². The molecule has 2 spiro atoms. The van der Waals surface area contributed by atoms with Crippen molar-refractivity contribution < 1.29 is 58.6 Å². The van der Waals surface area contributed by atoms with Crippen LogP contribution in [0.5, 0.6) is 0 Å². The van der Waals surface area contributed by atoms with Crippen molar-refractivity contribution >= 4 is 72.6 Å². The van der Waals surface area contributed by atoms with Crippen molar-refractivity contribution in [3.05, 3.63) is 71.0 Å². The maximum atomic E-state index is 13.6. The molecule has 8 fully saturated rings. The molecule has 6 aliphatic heterocycles. The summed E-state index contributed by atoms with van der Waals surface area (Å²) in [5.74, 6) is -5.29. The fourth-order valence-electron chi connectivity index (χ4n) is 11.8. The summed E-state index contributed by atoms with van der Waals surface area (Å²) in [5.41, 5.74) is 8.74. The highest BCUT2D eigenvalue weighted by atomic mass is 32.2. The predicted octanol–water partition coefficient (Wildman–Crippen LogP) is 8.16. The second-order valence-electron chi connectivity index (χ2n) is 25.6. The summed E-state index contributed by atoms with van der Waals surface area (Å²) in [4.78, 5) is 63.9. The van der Waals surface area contributed by atoms with E-state index < -0.39 is 65.6 Å². The standard InChI is InChI=1S/C27H34F2N6O3S.C22H30N2O6S.C10H14F2N4/c1-18-14-23(33-25(31-18)35-12-8-27(28,29)9-13-35)32-24(36)21-3-2-19(39(37,38)20-16-30-17-20)15-22(21)34-10-6-26(4-5-26)7-11-34;1-21(2,3)30-20(27)24-13-16(14-24)31(28,29)15-4-5-17(19(25)26)18(12-15)23-10-8-22(6-7-22)9-11-23;1-7-6-8(13)15-9(14-7)16-4-2-10(11,12)3-5-16/h2-3,14-15,20,30H,4-13,16-17H2,1H3,(H,31,32,33,36);4-5,12,16H,6-11,13-14H2,1-3H3,(H,25,26);6H,2-5H2,1H3,(H2,13,14,15). The first-order chi connectivity index (χ1) is 40.4. The highest BCUT2D eigenvalue weighted by Crippen LogP contribution is 2.55. The van der Waals surface area contributed by atoms with Gasteiger partial charge in [-0.2, -0.15) is 9.97 Å². The van der Waals surface area contributed by atoms with Gasteiger partial charge in [0.15, 0.2) is 19.7 Å². The number of aromatic nitrogens is 4. The molecule has 2 saturated carbocycles. The number of alkyl halides is 4. The van der Waals surface area contributed by atoms with Gasteiger partial charge in [0.25, 0.3) is 17.8 Å². The lowest BCUT2D eigenvalue weighted by Crippen LogP contribution is -2.57. The molecular weight excluding hydrogens is 1160 g/mol. The molecular formula is C59H78F4N12O9S2. The lowest BCUT2D eigenvalue weighted by molar-refractivity contribution is -0.0229. The Morgan fingerprint density at radius 2 is 1.03 bits per heavy atom. The van der Waals surface area contributed by atoms with E-state index in [-0.39, 0.29) is 86.1 Å². The largest absolute Gasteiger partial charge is 0.478 e. The lowest BCUT2D eigenvalue weighted by Gasteiger charge is -2.39. The van der Waals surface area contributed by atoms with E-state index in [0.717, 1.165) is 57.6 Å². The van der Waals surface area contributed by atoms with Crippen LogP contribution in [0.4, 0.5) is 57.3 Å². The number of nitrogen functional groups attached to an aromatic ring is 1. The first-order valence-electron chi connectivity index (χ1n) is 29.6. The molecule has 21 nitrogen and oxygen atoms in total. The number of amides is 2. The quantitative estimate of drug-likeness (QED) is 0.103. The minimum Gasteiger partial charge on any atom is -0.478 e. The number of likely N-dealkylation sites (tertiary alicyclic amines) is 1. The Morgan fingerprint density at radius 3 is 1.47 bits per heavy atom. The number of aromatic carboxylic acids is 1. The van der Waals surface area contributed by atoms with Crippen LogP contribution in [-0.4, -0.2) is 171 Å². The molecule has 0 atom stereocenters. The number of hydrogen-bond acceptors (Lipinski definition) is 18. The number of nitrogens with zero attached hydrogens (tertiary/aromatic N) is 9. The number of halogens is 4. The minimum atomic E-state index is -3.70. The van der Waals surface area contributed by atoms with Crippen molar-refractivity contribution in [1.82, 2.24) is 30.2 Å². The van der Waals surface area contributed by atoms with Crippen molar-refractivity contribution in [2.45, 2.75) is 149 Å². The number of carbonyl (C=O) groups excluding carboxylic acids is 2. The molecule has 27 heteroatoms. The van der Waals surface area contributed by atoms with Crippen LogP contribution in [0.1, 0.15) is 130 Å². The zero-order valence-corrected chi connectivity index (χ0v) is 51.0. The zero-order valence-electron chi connectivity index (χ0n) is 49.4. The summed E-state index contributed by atoms with van der Waals surface area (Å²) < 4.78 is 111. The number of aryl methyl sites for hydroxylation is 2. The van der Waals surface area contributed by atoms with Gasteiger partial charge >= 0.3 is 12.1 Å². The first kappa shape index (κ1) is 62.4. The Hall–Kier alpha value is -6.61. The van der Waals surface area contributed by atoms with Crippen molar-refractivity contribution in [3.63, 3.8) is 0 Å². The van der Waals surface area contributed by atoms with Crippen molar-refractivity contribution in [3.8, 4) is 0 Å². The monoisotopic (exact) mass is 1240 g/mol. The molecule has 2 aliphatic carbocycles.